The number of aliphatic imine (C=N–C) groups is 1. The summed E-state index contributed by atoms with van der Waals surface area (Å²) in [5.74, 6) is 0.479. The van der Waals surface area contributed by atoms with Gasteiger partial charge in [0, 0.05) is 31.7 Å². The molecule has 3 rings (SSSR count). The summed E-state index contributed by atoms with van der Waals surface area (Å²) >= 11 is 6.05. The fourth-order valence-corrected chi connectivity index (χ4v) is 3.47. The largest absolute Gasteiger partial charge is 0.357 e. The van der Waals surface area contributed by atoms with Crippen LogP contribution in [-0.2, 0) is 4.79 Å². The van der Waals surface area contributed by atoms with Crippen LogP contribution in [0.3, 0.4) is 0 Å². The number of benzene rings is 2. The van der Waals surface area contributed by atoms with Crippen molar-refractivity contribution in [1.29, 1.82) is 0 Å². The molecule has 0 spiro atoms. The summed E-state index contributed by atoms with van der Waals surface area (Å²) in [6.45, 7) is 4.03. The van der Waals surface area contributed by atoms with Crippen LogP contribution in [-0.4, -0.2) is 50.0 Å². The van der Waals surface area contributed by atoms with Gasteiger partial charge in [0.15, 0.2) is 5.96 Å². The average molecular weight is 428 g/mol. The lowest BCUT2D eigenvalue weighted by Crippen LogP contribution is -2.45. The predicted octanol–water partition coefficient (Wildman–Crippen LogP) is 2.43. The van der Waals surface area contributed by atoms with Crippen LogP contribution in [0, 0.1) is 0 Å². The van der Waals surface area contributed by atoms with Gasteiger partial charge in [-0.3, -0.25) is 14.6 Å². The molecule has 0 aliphatic carbocycles. The number of nitrogens with zero attached hydrogens (tertiary/aromatic N) is 2. The van der Waals surface area contributed by atoms with Gasteiger partial charge in [0.05, 0.1) is 23.2 Å². The first-order valence-electron chi connectivity index (χ1n) is 10.0. The van der Waals surface area contributed by atoms with Gasteiger partial charge in [-0.25, -0.2) is 0 Å². The van der Waals surface area contributed by atoms with Crippen LogP contribution >= 0.6 is 11.6 Å². The van der Waals surface area contributed by atoms with Crippen molar-refractivity contribution < 1.29 is 9.59 Å². The second-order valence-corrected chi connectivity index (χ2v) is 7.29. The topological polar surface area (TPSA) is 85.8 Å². The molecule has 0 bridgehead atoms. The van der Waals surface area contributed by atoms with Gasteiger partial charge in [0.1, 0.15) is 0 Å². The van der Waals surface area contributed by atoms with Crippen molar-refractivity contribution in [3.8, 4) is 0 Å². The molecule has 2 aromatic rings. The third-order valence-electron chi connectivity index (χ3n) is 4.66. The molecule has 3 N–H and O–H groups in total. The summed E-state index contributed by atoms with van der Waals surface area (Å²) in [4.78, 5) is 30.9. The van der Waals surface area contributed by atoms with Crippen LogP contribution in [0.15, 0.2) is 59.6 Å². The fourth-order valence-electron chi connectivity index (χ4n) is 3.25. The van der Waals surface area contributed by atoms with Gasteiger partial charge >= 0.3 is 0 Å². The van der Waals surface area contributed by atoms with Crippen LogP contribution in [0.2, 0.25) is 5.02 Å². The van der Waals surface area contributed by atoms with Gasteiger partial charge in [-0.2, -0.15) is 0 Å². The van der Waals surface area contributed by atoms with E-state index in [1.165, 1.54) is 0 Å². The Hall–Kier alpha value is -3.06. The van der Waals surface area contributed by atoms with E-state index in [0.717, 1.165) is 5.69 Å². The van der Waals surface area contributed by atoms with Gasteiger partial charge < -0.3 is 20.9 Å². The highest BCUT2D eigenvalue weighted by Crippen LogP contribution is 2.21. The molecular formula is C22H26ClN5O2. The number of guanidine groups is 1. The molecular weight excluding hydrogens is 402 g/mol. The van der Waals surface area contributed by atoms with Gasteiger partial charge in [-0.15, -0.1) is 0 Å². The quantitative estimate of drug-likeness (QED) is 0.360. The zero-order chi connectivity index (χ0) is 21.3. The molecule has 1 saturated heterocycles. The molecule has 30 heavy (non-hydrogen) atoms. The van der Waals surface area contributed by atoms with Crippen LogP contribution in [0.4, 0.5) is 5.69 Å². The van der Waals surface area contributed by atoms with Crippen molar-refractivity contribution in [1.82, 2.24) is 16.0 Å². The maximum Gasteiger partial charge on any atom is 0.252 e. The van der Waals surface area contributed by atoms with Gasteiger partial charge in [0.2, 0.25) is 5.91 Å². The first kappa shape index (κ1) is 21.6. The molecule has 1 heterocycles. The molecule has 2 amide bonds. The molecule has 1 unspecified atom stereocenters. The summed E-state index contributed by atoms with van der Waals surface area (Å²) < 4.78 is 0. The Bertz CT molecular complexity index is 903. The van der Waals surface area contributed by atoms with Crippen molar-refractivity contribution in [2.24, 2.45) is 4.99 Å². The number of hydrogen-bond donors (Lipinski definition) is 3. The van der Waals surface area contributed by atoms with Crippen molar-refractivity contribution in [2.75, 3.05) is 31.1 Å². The first-order valence-corrected chi connectivity index (χ1v) is 10.4. The Morgan fingerprint density at radius 1 is 1.13 bits per heavy atom. The smallest absolute Gasteiger partial charge is 0.252 e. The number of halogens is 1. The minimum absolute atomic E-state index is 0.0341. The van der Waals surface area contributed by atoms with E-state index in [4.69, 9.17) is 11.6 Å². The summed E-state index contributed by atoms with van der Waals surface area (Å²) in [5.41, 5.74) is 1.34. The van der Waals surface area contributed by atoms with E-state index >= 15 is 0 Å². The SMILES string of the molecule is CCNC(=NCCNC(=O)c1ccccc1Cl)NC1CC(=O)N(c2ccccc2)C1. The zero-order valence-electron chi connectivity index (χ0n) is 16.9. The van der Waals surface area contributed by atoms with Crippen molar-refractivity contribution in [3.05, 3.63) is 65.2 Å². The Kier molecular flexibility index (Phi) is 7.68. The normalized spacial score (nSPS) is 16.5. The van der Waals surface area contributed by atoms with E-state index in [2.05, 4.69) is 20.9 Å². The molecule has 1 aliphatic rings. The minimum Gasteiger partial charge on any atom is -0.357 e. The lowest BCUT2D eigenvalue weighted by atomic mass is 10.2. The van der Waals surface area contributed by atoms with Crippen LogP contribution in [0.5, 0.6) is 0 Å². The zero-order valence-corrected chi connectivity index (χ0v) is 17.7. The standard InChI is InChI=1S/C22H26ClN5O2/c1-2-24-22(26-13-12-25-21(30)18-10-6-7-11-19(18)23)27-16-14-20(29)28(15-16)17-8-4-3-5-9-17/h3-11,16H,2,12-15H2,1H3,(H,25,30)(H2,24,26,27). The van der Waals surface area contributed by atoms with E-state index in [-0.39, 0.29) is 17.9 Å². The third kappa shape index (κ3) is 5.73. The second-order valence-electron chi connectivity index (χ2n) is 6.88. The predicted molar refractivity (Wildman–Crippen MR) is 120 cm³/mol. The summed E-state index contributed by atoms with van der Waals surface area (Å²) in [6.07, 6.45) is 0.405. The third-order valence-corrected chi connectivity index (χ3v) is 4.99. The second kappa shape index (κ2) is 10.6. The molecule has 0 radical (unpaired) electrons. The van der Waals surface area contributed by atoms with Gasteiger partial charge in [-0.05, 0) is 31.2 Å². The molecule has 158 valence electrons. The number of para-hydroxylation sites is 1. The Morgan fingerprint density at radius 3 is 2.60 bits per heavy atom. The summed E-state index contributed by atoms with van der Waals surface area (Å²) in [5, 5.41) is 9.74. The molecule has 1 fully saturated rings. The molecule has 1 aliphatic heterocycles. The molecule has 0 saturated carbocycles. The average Bonchev–Trinajstić information content (AvgIpc) is 3.12. The Morgan fingerprint density at radius 2 is 1.87 bits per heavy atom. The highest BCUT2D eigenvalue weighted by atomic mass is 35.5. The monoisotopic (exact) mass is 427 g/mol. The summed E-state index contributed by atoms with van der Waals surface area (Å²) in [7, 11) is 0. The van der Waals surface area contributed by atoms with E-state index in [1.807, 2.05) is 37.3 Å². The van der Waals surface area contributed by atoms with E-state index < -0.39 is 0 Å². The molecule has 7 nitrogen and oxygen atoms in total. The van der Waals surface area contributed by atoms with E-state index in [9.17, 15) is 9.59 Å². The number of rotatable bonds is 7. The van der Waals surface area contributed by atoms with Crippen molar-refractivity contribution >= 4 is 35.1 Å². The number of nitrogens with one attached hydrogen (secondary N) is 3. The molecule has 2 aromatic carbocycles. The van der Waals surface area contributed by atoms with Crippen LogP contribution in [0.1, 0.15) is 23.7 Å². The van der Waals surface area contributed by atoms with Crippen molar-refractivity contribution in [3.63, 3.8) is 0 Å². The van der Waals surface area contributed by atoms with Crippen molar-refractivity contribution in [2.45, 2.75) is 19.4 Å². The number of carbonyl (C=O) groups is 2. The van der Waals surface area contributed by atoms with Crippen LogP contribution < -0.4 is 20.9 Å². The number of carbonyl (C=O) groups excluding carboxylic acids is 2. The van der Waals surface area contributed by atoms with Crippen LogP contribution in [0.25, 0.3) is 0 Å². The molecule has 1 atom stereocenters. The number of amides is 2. The first-order chi connectivity index (χ1) is 14.6. The van der Waals surface area contributed by atoms with E-state index in [0.29, 0.717) is 49.1 Å². The molecule has 0 aromatic heterocycles. The lowest BCUT2D eigenvalue weighted by molar-refractivity contribution is -0.117. The van der Waals surface area contributed by atoms with Gasteiger partial charge in [-0.1, -0.05) is 41.9 Å². The Labute approximate surface area is 181 Å². The molecule has 8 heteroatoms. The minimum atomic E-state index is -0.228. The fraction of sp³-hybridized carbons (Fsp3) is 0.318. The van der Waals surface area contributed by atoms with E-state index in [1.54, 1.807) is 29.2 Å². The highest BCUT2D eigenvalue weighted by Gasteiger charge is 2.31. The maximum absolute atomic E-state index is 12.4. The Balaban J connectivity index is 1.52. The number of hydrogen-bond acceptors (Lipinski definition) is 3. The highest BCUT2D eigenvalue weighted by molar-refractivity contribution is 6.33. The number of anilines is 1. The lowest BCUT2D eigenvalue weighted by Gasteiger charge is -2.19. The van der Waals surface area contributed by atoms with Gasteiger partial charge in [0.25, 0.3) is 5.91 Å². The maximum atomic E-state index is 12.4. The summed E-state index contributed by atoms with van der Waals surface area (Å²) in [6, 6.07) is 16.5.